The van der Waals surface area contributed by atoms with Crippen molar-refractivity contribution in [3.63, 3.8) is 0 Å². The second-order valence-electron chi connectivity index (χ2n) is 3.74. The van der Waals surface area contributed by atoms with Gasteiger partial charge in [0.1, 0.15) is 0 Å². The Bertz CT molecular complexity index is 458. The first kappa shape index (κ1) is 13.6. The Morgan fingerprint density at radius 2 is 2.24 bits per heavy atom. The molecule has 0 aromatic carbocycles. The van der Waals surface area contributed by atoms with Gasteiger partial charge in [0.2, 0.25) is 0 Å². The molecule has 0 aliphatic rings. The molecule has 0 radical (unpaired) electrons. The molecule has 0 amide bonds. The highest BCUT2D eigenvalue weighted by Crippen LogP contribution is 2.34. The summed E-state index contributed by atoms with van der Waals surface area (Å²) in [6, 6.07) is 0. The van der Waals surface area contributed by atoms with E-state index < -0.39 is 4.92 Å². The van der Waals surface area contributed by atoms with E-state index in [0.29, 0.717) is 16.0 Å². The molecule has 1 heterocycles. The average Bonchev–Trinajstić information content (AvgIpc) is 2.26. The summed E-state index contributed by atoms with van der Waals surface area (Å²) in [6.45, 7) is 3.99. The number of rotatable bonds is 4. The zero-order valence-electron chi connectivity index (χ0n) is 9.81. The summed E-state index contributed by atoms with van der Waals surface area (Å²) in [4.78, 5) is 14.4. The van der Waals surface area contributed by atoms with Gasteiger partial charge in [0.15, 0.2) is 0 Å². The van der Waals surface area contributed by atoms with E-state index in [1.54, 1.807) is 6.08 Å². The van der Waals surface area contributed by atoms with Crippen LogP contribution >= 0.6 is 15.9 Å². The van der Waals surface area contributed by atoms with Crippen LogP contribution in [0.15, 0.2) is 16.7 Å². The summed E-state index contributed by atoms with van der Waals surface area (Å²) >= 11 is 3.26. The third kappa shape index (κ3) is 3.26. The molecule has 0 saturated heterocycles. The molecule has 0 bridgehead atoms. The molecular weight excluding hydrogens is 288 g/mol. The van der Waals surface area contributed by atoms with E-state index >= 15 is 0 Å². The molecule has 92 valence electrons. The maximum Gasteiger partial charge on any atom is 0.339 e. The van der Waals surface area contributed by atoms with Gasteiger partial charge in [0, 0.05) is 6.20 Å². The Hall–Kier alpha value is -1.43. The number of hydrogen-bond donors (Lipinski definition) is 0. The number of nitrogens with zero attached hydrogens (tertiary/aromatic N) is 2. The summed E-state index contributed by atoms with van der Waals surface area (Å²) in [5, 5.41) is 11.0. The number of nitro groups is 1. The van der Waals surface area contributed by atoms with Crippen LogP contribution in [0, 0.1) is 16.0 Å². The number of halogens is 1. The van der Waals surface area contributed by atoms with Crippen LogP contribution in [-0.4, -0.2) is 17.0 Å². The Labute approximate surface area is 108 Å². The van der Waals surface area contributed by atoms with Gasteiger partial charge < -0.3 is 4.74 Å². The summed E-state index contributed by atoms with van der Waals surface area (Å²) < 4.78 is 5.47. The number of ether oxygens (including phenoxy) is 1. The smallest absolute Gasteiger partial charge is 0.339 e. The minimum atomic E-state index is -0.489. The maximum absolute atomic E-state index is 11.0. The summed E-state index contributed by atoms with van der Waals surface area (Å²) in [7, 11) is 1.36. The number of hydrogen-bond acceptors (Lipinski definition) is 4. The molecule has 6 heteroatoms. The van der Waals surface area contributed by atoms with Crippen molar-refractivity contribution in [3.8, 4) is 5.88 Å². The molecule has 0 atom stereocenters. The van der Waals surface area contributed by atoms with Gasteiger partial charge in [-0.2, -0.15) is 0 Å². The van der Waals surface area contributed by atoms with Crippen molar-refractivity contribution in [3.05, 3.63) is 32.4 Å². The van der Waals surface area contributed by atoms with Crippen LogP contribution in [0.5, 0.6) is 5.88 Å². The Kier molecular flexibility index (Phi) is 4.62. The lowest BCUT2D eigenvalue weighted by Crippen LogP contribution is -1.99. The van der Waals surface area contributed by atoms with Gasteiger partial charge in [0.25, 0.3) is 5.88 Å². The lowest BCUT2D eigenvalue weighted by Gasteiger charge is -2.05. The van der Waals surface area contributed by atoms with Gasteiger partial charge in [-0.3, -0.25) is 10.1 Å². The van der Waals surface area contributed by atoms with E-state index in [2.05, 4.69) is 20.9 Å². The van der Waals surface area contributed by atoms with Crippen LogP contribution < -0.4 is 4.74 Å². The number of methoxy groups -OCH3 is 1. The van der Waals surface area contributed by atoms with Crippen LogP contribution in [0.2, 0.25) is 0 Å². The third-order valence-corrected chi connectivity index (χ3v) is 2.67. The fourth-order valence-electron chi connectivity index (χ4n) is 1.25. The lowest BCUT2D eigenvalue weighted by atomic mass is 10.1. The first-order chi connectivity index (χ1) is 7.97. The highest BCUT2D eigenvalue weighted by Gasteiger charge is 2.23. The molecule has 0 fully saturated rings. The van der Waals surface area contributed by atoms with E-state index in [9.17, 15) is 10.1 Å². The second kappa shape index (κ2) is 5.77. The van der Waals surface area contributed by atoms with Crippen molar-refractivity contribution >= 4 is 27.7 Å². The monoisotopic (exact) mass is 300 g/mol. The van der Waals surface area contributed by atoms with E-state index in [0.717, 1.165) is 0 Å². The summed E-state index contributed by atoms with van der Waals surface area (Å²) in [6.07, 6.45) is 5.08. The topological polar surface area (TPSA) is 65.3 Å². The molecule has 1 aromatic heterocycles. The zero-order valence-corrected chi connectivity index (χ0v) is 11.4. The van der Waals surface area contributed by atoms with Crippen LogP contribution in [0.1, 0.15) is 19.4 Å². The molecule has 1 aromatic rings. The molecule has 0 saturated carbocycles. The maximum atomic E-state index is 11.0. The number of pyridine rings is 1. The SMILES string of the molecule is COc1ncc(Br)c(/C=C/C(C)C)c1[N+](=O)[O-]. The largest absolute Gasteiger partial charge is 0.476 e. The molecule has 0 N–H and O–H groups in total. The van der Waals surface area contributed by atoms with Crippen LogP contribution in [0.3, 0.4) is 0 Å². The van der Waals surface area contributed by atoms with Gasteiger partial charge in [-0.1, -0.05) is 26.0 Å². The van der Waals surface area contributed by atoms with Crippen molar-refractivity contribution in [1.29, 1.82) is 0 Å². The zero-order chi connectivity index (χ0) is 13.0. The molecule has 17 heavy (non-hydrogen) atoms. The minimum absolute atomic E-state index is 0.0154. The van der Waals surface area contributed by atoms with E-state index in [4.69, 9.17) is 4.74 Å². The highest BCUT2D eigenvalue weighted by molar-refractivity contribution is 9.10. The Morgan fingerprint density at radius 1 is 1.59 bits per heavy atom. The standard InChI is InChI=1S/C11H13BrN2O3/c1-7(2)4-5-8-9(12)6-13-11(17-3)10(8)14(15)16/h4-7H,1-3H3/b5-4+. The molecule has 0 aliphatic carbocycles. The van der Waals surface area contributed by atoms with Crippen LogP contribution in [-0.2, 0) is 0 Å². The molecule has 0 unspecified atom stereocenters. The van der Waals surface area contributed by atoms with Gasteiger partial charge in [0.05, 0.1) is 22.1 Å². The minimum Gasteiger partial charge on any atom is -0.476 e. The van der Waals surface area contributed by atoms with Gasteiger partial charge >= 0.3 is 5.69 Å². The second-order valence-corrected chi connectivity index (χ2v) is 4.59. The van der Waals surface area contributed by atoms with Crippen LogP contribution in [0.25, 0.3) is 6.08 Å². The molecule has 0 spiro atoms. The van der Waals surface area contributed by atoms with Crippen molar-refractivity contribution in [2.24, 2.45) is 5.92 Å². The van der Waals surface area contributed by atoms with Crippen molar-refractivity contribution in [1.82, 2.24) is 4.98 Å². The van der Waals surface area contributed by atoms with Crippen molar-refractivity contribution in [2.45, 2.75) is 13.8 Å². The normalized spacial score (nSPS) is 11.1. The Morgan fingerprint density at radius 3 is 2.71 bits per heavy atom. The van der Waals surface area contributed by atoms with Gasteiger partial charge in [-0.15, -0.1) is 0 Å². The van der Waals surface area contributed by atoms with E-state index in [1.807, 2.05) is 19.9 Å². The first-order valence-corrected chi connectivity index (χ1v) is 5.81. The molecule has 1 rings (SSSR count). The predicted molar refractivity (Wildman–Crippen MR) is 69.0 cm³/mol. The van der Waals surface area contributed by atoms with Gasteiger partial charge in [-0.05, 0) is 21.8 Å². The third-order valence-electron chi connectivity index (χ3n) is 2.03. The summed E-state index contributed by atoms with van der Waals surface area (Å²) in [5.74, 6) is 0.322. The van der Waals surface area contributed by atoms with E-state index in [-0.39, 0.29) is 11.6 Å². The fraction of sp³-hybridized carbons (Fsp3) is 0.364. The fourth-order valence-corrected chi connectivity index (χ4v) is 1.67. The van der Waals surface area contributed by atoms with Crippen molar-refractivity contribution in [2.75, 3.05) is 7.11 Å². The summed E-state index contributed by atoms with van der Waals surface area (Å²) in [5.41, 5.74) is 0.342. The van der Waals surface area contributed by atoms with Gasteiger partial charge in [-0.25, -0.2) is 4.98 Å². The first-order valence-electron chi connectivity index (χ1n) is 5.02. The molecule has 0 aliphatic heterocycles. The predicted octanol–water partition coefficient (Wildman–Crippen LogP) is 3.43. The Balaban J connectivity index is 3.39. The average molecular weight is 301 g/mol. The van der Waals surface area contributed by atoms with E-state index in [1.165, 1.54) is 13.3 Å². The van der Waals surface area contributed by atoms with Crippen LogP contribution in [0.4, 0.5) is 5.69 Å². The molecular formula is C11H13BrN2O3. The lowest BCUT2D eigenvalue weighted by molar-refractivity contribution is -0.386. The number of aromatic nitrogens is 1. The number of allylic oxidation sites excluding steroid dienone is 1. The molecule has 5 nitrogen and oxygen atoms in total. The quantitative estimate of drug-likeness (QED) is 0.631. The highest BCUT2D eigenvalue weighted by atomic mass is 79.9. The van der Waals surface area contributed by atoms with Crippen molar-refractivity contribution < 1.29 is 9.66 Å².